The van der Waals surface area contributed by atoms with E-state index in [1.54, 1.807) is 0 Å². The van der Waals surface area contributed by atoms with Crippen LogP contribution in [0.4, 0.5) is 0 Å². The Morgan fingerprint density at radius 1 is 1.06 bits per heavy atom. The summed E-state index contributed by atoms with van der Waals surface area (Å²) in [6.07, 6.45) is 10.9. The van der Waals surface area contributed by atoms with Crippen LogP contribution in [0.15, 0.2) is 0 Å². The van der Waals surface area contributed by atoms with Gasteiger partial charge in [-0.2, -0.15) is 0 Å². The summed E-state index contributed by atoms with van der Waals surface area (Å²) in [5, 5.41) is 3.41. The van der Waals surface area contributed by atoms with Gasteiger partial charge in [-0.05, 0) is 44.7 Å². The lowest BCUT2D eigenvalue weighted by Gasteiger charge is -2.25. The molecule has 0 amide bonds. The highest BCUT2D eigenvalue weighted by Crippen LogP contribution is 2.17. The number of hydrogen-bond donors (Lipinski definition) is 1. The Labute approximate surface area is 108 Å². The summed E-state index contributed by atoms with van der Waals surface area (Å²) < 4.78 is 6.14. The second-order valence-electron chi connectivity index (χ2n) is 5.43. The molecule has 1 rings (SSSR count). The third kappa shape index (κ3) is 7.05. The Kier molecular flexibility index (Phi) is 8.72. The van der Waals surface area contributed by atoms with Crippen molar-refractivity contribution in [3.63, 3.8) is 0 Å². The fourth-order valence-electron chi connectivity index (χ4n) is 2.58. The van der Waals surface area contributed by atoms with E-state index in [1.807, 2.05) is 0 Å². The standard InChI is InChI=1S/C15H31NO/c1-3-5-6-8-15(7-4-2)17-13-14-9-11-16-12-10-14/h14-16H,3-13H2,1-2H3. The summed E-state index contributed by atoms with van der Waals surface area (Å²) in [6, 6.07) is 0. The van der Waals surface area contributed by atoms with E-state index >= 15 is 0 Å². The molecule has 1 heterocycles. The molecule has 1 N–H and O–H groups in total. The molecule has 17 heavy (non-hydrogen) atoms. The summed E-state index contributed by atoms with van der Waals surface area (Å²) in [5.41, 5.74) is 0. The lowest BCUT2D eigenvalue weighted by Crippen LogP contribution is -2.31. The first-order valence-electron chi connectivity index (χ1n) is 7.69. The molecule has 0 radical (unpaired) electrons. The molecular weight excluding hydrogens is 210 g/mol. The summed E-state index contributed by atoms with van der Waals surface area (Å²) in [4.78, 5) is 0. The van der Waals surface area contributed by atoms with Gasteiger partial charge in [0.25, 0.3) is 0 Å². The fraction of sp³-hybridized carbons (Fsp3) is 1.00. The number of unbranched alkanes of at least 4 members (excludes halogenated alkanes) is 2. The molecule has 1 fully saturated rings. The molecule has 1 aliphatic rings. The summed E-state index contributed by atoms with van der Waals surface area (Å²) >= 11 is 0. The highest BCUT2D eigenvalue weighted by molar-refractivity contribution is 4.69. The SMILES string of the molecule is CCCCCC(CCC)OCC1CCNCC1. The predicted molar refractivity (Wildman–Crippen MR) is 74.4 cm³/mol. The number of ether oxygens (including phenoxy) is 1. The van der Waals surface area contributed by atoms with Crippen LogP contribution in [0.25, 0.3) is 0 Å². The van der Waals surface area contributed by atoms with Gasteiger partial charge in [-0.3, -0.25) is 0 Å². The maximum atomic E-state index is 6.14. The van der Waals surface area contributed by atoms with Crippen molar-refractivity contribution in [2.24, 2.45) is 5.92 Å². The minimum atomic E-state index is 0.529. The van der Waals surface area contributed by atoms with Crippen molar-refractivity contribution < 1.29 is 4.74 Å². The zero-order chi connectivity index (χ0) is 12.3. The van der Waals surface area contributed by atoms with E-state index in [0.717, 1.165) is 12.5 Å². The molecule has 102 valence electrons. The van der Waals surface area contributed by atoms with Gasteiger partial charge >= 0.3 is 0 Å². The van der Waals surface area contributed by atoms with Crippen molar-refractivity contribution in [3.8, 4) is 0 Å². The van der Waals surface area contributed by atoms with Crippen molar-refractivity contribution in [1.82, 2.24) is 5.32 Å². The Morgan fingerprint density at radius 2 is 1.82 bits per heavy atom. The minimum Gasteiger partial charge on any atom is -0.378 e. The van der Waals surface area contributed by atoms with Gasteiger partial charge in [0.1, 0.15) is 0 Å². The molecule has 1 atom stereocenters. The van der Waals surface area contributed by atoms with Crippen molar-refractivity contribution >= 4 is 0 Å². The third-order valence-electron chi connectivity index (χ3n) is 3.77. The highest BCUT2D eigenvalue weighted by Gasteiger charge is 2.15. The molecular formula is C15H31NO. The Hall–Kier alpha value is -0.0800. The van der Waals surface area contributed by atoms with Crippen molar-refractivity contribution in [1.29, 1.82) is 0 Å². The average molecular weight is 241 g/mol. The number of nitrogens with one attached hydrogen (secondary N) is 1. The van der Waals surface area contributed by atoms with Crippen LogP contribution < -0.4 is 5.32 Å². The van der Waals surface area contributed by atoms with E-state index in [1.165, 1.54) is 64.5 Å². The van der Waals surface area contributed by atoms with Crippen molar-refractivity contribution in [2.75, 3.05) is 19.7 Å². The molecule has 2 nitrogen and oxygen atoms in total. The molecule has 1 saturated heterocycles. The molecule has 0 aromatic carbocycles. The lowest BCUT2D eigenvalue weighted by molar-refractivity contribution is 0.0114. The van der Waals surface area contributed by atoms with Crippen LogP contribution in [0.3, 0.4) is 0 Å². The zero-order valence-corrected chi connectivity index (χ0v) is 11.8. The molecule has 0 saturated carbocycles. The van der Waals surface area contributed by atoms with Gasteiger partial charge in [-0.1, -0.05) is 39.5 Å². The van der Waals surface area contributed by atoms with Crippen LogP contribution in [-0.4, -0.2) is 25.8 Å². The molecule has 2 heteroatoms. The van der Waals surface area contributed by atoms with Crippen LogP contribution in [0.5, 0.6) is 0 Å². The normalized spacial score (nSPS) is 19.4. The van der Waals surface area contributed by atoms with Crippen LogP contribution in [0.2, 0.25) is 0 Å². The van der Waals surface area contributed by atoms with Gasteiger partial charge in [0, 0.05) is 6.61 Å². The predicted octanol–water partition coefficient (Wildman–Crippen LogP) is 3.75. The molecule has 1 aliphatic heterocycles. The molecule has 0 aromatic rings. The van der Waals surface area contributed by atoms with Crippen molar-refractivity contribution in [2.45, 2.75) is 71.3 Å². The molecule has 0 spiro atoms. The highest BCUT2D eigenvalue weighted by atomic mass is 16.5. The number of piperidine rings is 1. The van der Waals surface area contributed by atoms with Crippen LogP contribution in [0, 0.1) is 5.92 Å². The zero-order valence-electron chi connectivity index (χ0n) is 11.8. The number of rotatable bonds is 9. The largest absolute Gasteiger partial charge is 0.378 e. The lowest BCUT2D eigenvalue weighted by atomic mass is 9.99. The summed E-state index contributed by atoms with van der Waals surface area (Å²) in [5.74, 6) is 0.807. The topological polar surface area (TPSA) is 21.3 Å². The summed E-state index contributed by atoms with van der Waals surface area (Å²) in [6.45, 7) is 7.90. The maximum Gasteiger partial charge on any atom is 0.0575 e. The van der Waals surface area contributed by atoms with E-state index in [4.69, 9.17) is 4.74 Å². The van der Waals surface area contributed by atoms with Gasteiger partial charge in [0.05, 0.1) is 6.10 Å². The Morgan fingerprint density at radius 3 is 2.47 bits per heavy atom. The van der Waals surface area contributed by atoms with Crippen LogP contribution >= 0.6 is 0 Å². The smallest absolute Gasteiger partial charge is 0.0575 e. The molecule has 0 bridgehead atoms. The molecule has 0 aromatic heterocycles. The number of hydrogen-bond acceptors (Lipinski definition) is 2. The third-order valence-corrected chi connectivity index (χ3v) is 3.77. The summed E-state index contributed by atoms with van der Waals surface area (Å²) in [7, 11) is 0. The van der Waals surface area contributed by atoms with E-state index in [-0.39, 0.29) is 0 Å². The molecule has 1 unspecified atom stereocenters. The van der Waals surface area contributed by atoms with Gasteiger partial charge in [0.15, 0.2) is 0 Å². The van der Waals surface area contributed by atoms with E-state index in [0.29, 0.717) is 6.10 Å². The van der Waals surface area contributed by atoms with Crippen LogP contribution in [-0.2, 0) is 4.74 Å². The van der Waals surface area contributed by atoms with Gasteiger partial charge in [-0.25, -0.2) is 0 Å². The van der Waals surface area contributed by atoms with E-state index in [2.05, 4.69) is 19.2 Å². The first-order valence-corrected chi connectivity index (χ1v) is 7.69. The van der Waals surface area contributed by atoms with E-state index in [9.17, 15) is 0 Å². The average Bonchev–Trinajstić information content (AvgIpc) is 2.37. The monoisotopic (exact) mass is 241 g/mol. The second-order valence-corrected chi connectivity index (χ2v) is 5.43. The van der Waals surface area contributed by atoms with Gasteiger partial charge in [-0.15, -0.1) is 0 Å². The maximum absolute atomic E-state index is 6.14. The van der Waals surface area contributed by atoms with Crippen molar-refractivity contribution in [3.05, 3.63) is 0 Å². The van der Waals surface area contributed by atoms with Gasteiger partial charge < -0.3 is 10.1 Å². The minimum absolute atomic E-state index is 0.529. The fourth-order valence-corrected chi connectivity index (χ4v) is 2.58. The first-order chi connectivity index (χ1) is 8.36. The molecule has 0 aliphatic carbocycles. The Balaban J connectivity index is 2.13. The Bertz CT molecular complexity index is 166. The quantitative estimate of drug-likeness (QED) is 0.621. The second kappa shape index (κ2) is 9.90. The first kappa shape index (κ1) is 15.0. The van der Waals surface area contributed by atoms with Crippen LogP contribution in [0.1, 0.15) is 65.2 Å². The van der Waals surface area contributed by atoms with Gasteiger partial charge in [0.2, 0.25) is 0 Å². The van der Waals surface area contributed by atoms with E-state index < -0.39 is 0 Å².